The quantitative estimate of drug-likeness (QED) is 0.628. The fraction of sp³-hybridized carbons (Fsp3) is 0.375. The SMILES string of the molecule is CC(C)(C)c1ccc(-c2nc(C3CC(=O)N(Cc4ccc5c(c4)OCO5)C3)no2)cc1. The molecule has 3 aromatic rings. The number of fused-ring (bicyclic) bond motifs is 1. The molecule has 2 aromatic carbocycles. The highest BCUT2D eigenvalue weighted by molar-refractivity contribution is 5.79. The van der Waals surface area contributed by atoms with Gasteiger partial charge in [-0.1, -0.05) is 44.1 Å². The van der Waals surface area contributed by atoms with Crippen LogP contribution in [0.25, 0.3) is 11.5 Å². The van der Waals surface area contributed by atoms with Crippen LogP contribution in [0.4, 0.5) is 0 Å². The van der Waals surface area contributed by atoms with Crippen LogP contribution in [-0.4, -0.2) is 34.3 Å². The van der Waals surface area contributed by atoms with Gasteiger partial charge in [-0.15, -0.1) is 0 Å². The summed E-state index contributed by atoms with van der Waals surface area (Å²) in [6.07, 6.45) is 0.381. The number of ether oxygens (including phenoxy) is 2. The summed E-state index contributed by atoms with van der Waals surface area (Å²) in [5.74, 6) is 2.54. The van der Waals surface area contributed by atoms with E-state index in [1.165, 1.54) is 5.56 Å². The van der Waals surface area contributed by atoms with Crippen LogP contribution in [0, 0.1) is 0 Å². The van der Waals surface area contributed by atoms with Gasteiger partial charge in [0.25, 0.3) is 5.89 Å². The molecule has 0 N–H and O–H groups in total. The molecular formula is C24H25N3O4. The molecular weight excluding hydrogens is 394 g/mol. The highest BCUT2D eigenvalue weighted by atomic mass is 16.7. The normalized spacial score (nSPS) is 18.1. The second kappa shape index (κ2) is 7.41. The van der Waals surface area contributed by atoms with E-state index in [1.807, 2.05) is 35.2 Å². The minimum atomic E-state index is -0.0761. The molecule has 1 saturated heterocycles. The number of rotatable bonds is 4. The summed E-state index contributed by atoms with van der Waals surface area (Å²) in [6.45, 7) is 7.86. The summed E-state index contributed by atoms with van der Waals surface area (Å²) in [5.41, 5.74) is 3.22. The third kappa shape index (κ3) is 3.87. The van der Waals surface area contributed by atoms with Gasteiger partial charge < -0.3 is 18.9 Å². The smallest absolute Gasteiger partial charge is 0.257 e. The molecule has 160 valence electrons. The van der Waals surface area contributed by atoms with Crippen LogP contribution in [-0.2, 0) is 16.8 Å². The zero-order valence-electron chi connectivity index (χ0n) is 17.9. The van der Waals surface area contributed by atoms with Crippen molar-refractivity contribution in [2.45, 2.75) is 45.1 Å². The van der Waals surface area contributed by atoms with Gasteiger partial charge in [-0.05, 0) is 40.8 Å². The van der Waals surface area contributed by atoms with E-state index >= 15 is 0 Å². The molecule has 1 atom stereocenters. The van der Waals surface area contributed by atoms with Crippen LogP contribution in [0.2, 0.25) is 0 Å². The van der Waals surface area contributed by atoms with Gasteiger partial charge in [-0.3, -0.25) is 4.79 Å². The van der Waals surface area contributed by atoms with E-state index in [2.05, 4.69) is 43.0 Å². The maximum absolute atomic E-state index is 12.6. The van der Waals surface area contributed by atoms with Crippen LogP contribution in [0.1, 0.15) is 50.1 Å². The lowest BCUT2D eigenvalue weighted by atomic mass is 9.87. The molecule has 0 radical (unpaired) electrons. The highest BCUT2D eigenvalue weighted by Gasteiger charge is 2.34. The Morgan fingerprint density at radius 1 is 1.06 bits per heavy atom. The lowest BCUT2D eigenvalue weighted by molar-refractivity contribution is -0.128. The minimum absolute atomic E-state index is 0.0761. The number of carbonyl (C=O) groups is 1. The van der Waals surface area contributed by atoms with Crippen LogP contribution in [0.3, 0.4) is 0 Å². The first-order valence-corrected chi connectivity index (χ1v) is 10.5. The van der Waals surface area contributed by atoms with Gasteiger partial charge in [-0.2, -0.15) is 4.98 Å². The standard InChI is InChI=1S/C24H25N3O4/c1-24(2,3)18-7-5-16(6-8-18)23-25-22(26-31-23)17-11-21(28)27(13-17)12-15-4-9-19-20(10-15)30-14-29-19/h4-10,17H,11-14H2,1-3H3. The Kier molecular flexibility index (Phi) is 4.68. The van der Waals surface area contributed by atoms with E-state index in [4.69, 9.17) is 14.0 Å². The molecule has 3 heterocycles. The fourth-order valence-electron chi connectivity index (χ4n) is 3.99. The van der Waals surface area contributed by atoms with E-state index in [0.29, 0.717) is 31.2 Å². The highest BCUT2D eigenvalue weighted by Crippen LogP contribution is 2.34. The Morgan fingerprint density at radius 3 is 2.61 bits per heavy atom. The molecule has 1 aromatic heterocycles. The first kappa shape index (κ1) is 19.6. The Balaban J connectivity index is 1.28. The number of benzene rings is 2. The van der Waals surface area contributed by atoms with E-state index in [9.17, 15) is 4.79 Å². The van der Waals surface area contributed by atoms with E-state index in [-0.39, 0.29) is 24.0 Å². The van der Waals surface area contributed by atoms with Crippen molar-refractivity contribution >= 4 is 5.91 Å². The molecule has 0 saturated carbocycles. The van der Waals surface area contributed by atoms with Crippen molar-refractivity contribution < 1.29 is 18.8 Å². The monoisotopic (exact) mass is 419 g/mol. The van der Waals surface area contributed by atoms with Gasteiger partial charge in [0.1, 0.15) is 0 Å². The number of aromatic nitrogens is 2. The molecule has 0 bridgehead atoms. The topological polar surface area (TPSA) is 77.7 Å². The van der Waals surface area contributed by atoms with Crippen LogP contribution in [0.5, 0.6) is 11.5 Å². The largest absolute Gasteiger partial charge is 0.454 e. The lowest BCUT2D eigenvalue weighted by Crippen LogP contribution is -2.24. The van der Waals surface area contributed by atoms with Crippen molar-refractivity contribution in [2.24, 2.45) is 0 Å². The number of hydrogen-bond donors (Lipinski definition) is 0. The molecule has 5 rings (SSSR count). The number of amides is 1. The van der Waals surface area contributed by atoms with E-state index < -0.39 is 0 Å². The third-order valence-corrected chi connectivity index (χ3v) is 5.83. The summed E-state index contributed by atoms with van der Waals surface area (Å²) < 4.78 is 16.3. The predicted molar refractivity (Wildman–Crippen MR) is 114 cm³/mol. The molecule has 2 aliphatic heterocycles. The summed E-state index contributed by atoms with van der Waals surface area (Å²) in [4.78, 5) is 19.0. The molecule has 1 fully saturated rings. The number of nitrogens with zero attached hydrogens (tertiary/aromatic N) is 3. The van der Waals surface area contributed by atoms with Gasteiger partial charge in [-0.25, -0.2) is 0 Å². The second-order valence-corrected chi connectivity index (χ2v) is 9.15. The van der Waals surface area contributed by atoms with E-state index in [1.54, 1.807) is 0 Å². The zero-order valence-corrected chi connectivity index (χ0v) is 17.9. The Bertz CT molecular complexity index is 1110. The summed E-state index contributed by atoms with van der Waals surface area (Å²) in [7, 11) is 0. The average molecular weight is 419 g/mol. The first-order chi connectivity index (χ1) is 14.9. The molecule has 2 aliphatic rings. The van der Waals surface area contributed by atoms with Crippen molar-refractivity contribution in [3.8, 4) is 23.0 Å². The molecule has 1 unspecified atom stereocenters. The maximum atomic E-state index is 12.6. The lowest BCUT2D eigenvalue weighted by Gasteiger charge is -2.18. The van der Waals surface area contributed by atoms with Crippen LogP contribution < -0.4 is 9.47 Å². The number of carbonyl (C=O) groups excluding carboxylic acids is 1. The Labute approximate surface area is 181 Å². The van der Waals surface area contributed by atoms with Crippen LogP contribution >= 0.6 is 0 Å². The fourth-order valence-corrected chi connectivity index (χ4v) is 3.99. The average Bonchev–Trinajstić information content (AvgIpc) is 3.47. The van der Waals surface area contributed by atoms with Gasteiger partial charge in [0.15, 0.2) is 17.3 Å². The summed E-state index contributed by atoms with van der Waals surface area (Å²) in [6, 6.07) is 14.0. The number of likely N-dealkylation sites (tertiary alicyclic amines) is 1. The summed E-state index contributed by atoms with van der Waals surface area (Å²) in [5, 5.41) is 4.17. The second-order valence-electron chi connectivity index (χ2n) is 9.15. The maximum Gasteiger partial charge on any atom is 0.257 e. The molecule has 0 spiro atoms. The Hall–Kier alpha value is -3.35. The summed E-state index contributed by atoms with van der Waals surface area (Å²) >= 11 is 0. The molecule has 7 nitrogen and oxygen atoms in total. The van der Waals surface area contributed by atoms with Gasteiger partial charge in [0, 0.05) is 31.0 Å². The molecule has 1 amide bonds. The van der Waals surface area contributed by atoms with Crippen molar-refractivity contribution in [3.05, 3.63) is 59.4 Å². The third-order valence-electron chi connectivity index (χ3n) is 5.83. The van der Waals surface area contributed by atoms with Crippen molar-refractivity contribution in [2.75, 3.05) is 13.3 Å². The van der Waals surface area contributed by atoms with Crippen LogP contribution in [0.15, 0.2) is 47.0 Å². The number of hydrogen-bond acceptors (Lipinski definition) is 6. The first-order valence-electron chi connectivity index (χ1n) is 10.5. The molecule has 0 aliphatic carbocycles. The van der Waals surface area contributed by atoms with Crippen molar-refractivity contribution in [1.29, 1.82) is 0 Å². The molecule has 7 heteroatoms. The van der Waals surface area contributed by atoms with E-state index in [0.717, 1.165) is 22.6 Å². The van der Waals surface area contributed by atoms with Crippen molar-refractivity contribution in [3.63, 3.8) is 0 Å². The zero-order chi connectivity index (χ0) is 21.6. The predicted octanol–water partition coefficient (Wildman–Crippen LogP) is 4.28. The molecule has 31 heavy (non-hydrogen) atoms. The minimum Gasteiger partial charge on any atom is -0.454 e. The van der Waals surface area contributed by atoms with Crippen molar-refractivity contribution in [1.82, 2.24) is 15.0 Å². The van der Waals surface area contributed by atoms with Gasteiger partial charge >= 0.3 is 0 Å². The van der Waals surface area contributed by atoms with Gasteiger partial charge in [0.05, 0.1) is 0 Å². The van der Waals surface area contributed by atoms with Gasteiger partial charge in [0.2, 0.25) is 12.7 Å². The Morgan fingerprint density at radius 2 is 1.84 bits per heavy atom.